The normalized spacial score (nSPS) is 23.2. The Morgan fingerprint density at radius 3 is 2.70 bits per heavy atom. The molecule has 23 heavy (non-hydrogen) atoms. The van der Waals surface area contributed by atoms with Crippen LogP contribution in [0.5, 0.6) is 5.75 Å². The number of nitrogens with zero attached hydrogens (tertiary/aromatic N) is 1. The second-order valence-electron chi connectivity index (χ2n) is 6.52. The van der Waals surface area contributed by atoms with Crippen LogP contribution in [0.2, 0.25) is 0 Å². The fourth-order valence-corrected chi connectivity index (χ4v) is 4.54. The molecule has 0 aliphatic carbocycles. The molecule has 6 nitrogen and oxygen atoms in total. The molecule has 0 saturated carbocycles. The van der Waals surface area contributed by atoms with Crippen molar-refractivity contribution >= 4 is 23.2 Å². The maximum atomic E-state index is 12.7. The first-order valence-corrected chi connectivity index (χ1v) is 8.66. The van der Waals surface area contributed by atoms with Crippen molar-refractivity contribution in [1.29, 1.82) is 0 Å². The van der Waals surface area contributed by atoms with Crippen molar-refractivity contribution < 1.29 is 19.4 Å². The number of hydrogen-bond acceptors (Lipinski definition) is 5. The summed E-state index contributed by atoms with van der Waals surface area (Å²) in [5.41, 5.74) is 0.0231. The molecule has 2 aliphatic rings. The summed E-state index contributed by atoms with van der Waals surface area (Å²) < 4.78 is 5.30. The molecule has 2 saturated heterocycles. The summed E-state index contributed by atoms with van der Waals surface area (Å²) in [5, 5.41) is 12.2. The highest BCUT2D eigenvalue weighted by atomic mass is 32.1. The van der Waals surface area contributed by atoms with Gasteiger partial charge < -0.3 is 20.1 Å². The molecule has 0 aromatic carbocycles. The SMILES string of the molecule is COc1cc(C)sc1C(=O)N1CCC2(CC1)CNC(C(=O)O)C2. The van der Waals surface area contributed by atoms with Gasteiger partial charge in [0.05, 0.1) is 7.11 Å². The minimum Gasteiger partial charge on any atom is -0.495 e. The number of carboxylic acids is 1. The van der Waals surface area contributed by atoms with Gasteiger partial charge in [-0.1, -0.05) is 0 Å². The van der Waals surface area contributed by atoms with E-state index in [0.717, 1.165) is 24.3 Å². The number of ether oxygens (including phenoxy) is 1. The first kappa shape index (κ1) is 16.3. The van der Waals surface area contributed by atoms with E-state index in [1.165, 1.54) is 11.3 Å². The summed E-state index contributed by atoms with van der Waals surface area (Å²) in [6.45, 7) is 4.04. The van der Waals surface area contributed by atoms with E-state index in [0.29, 0.717) is 30.1 Å². The van der Waals surface area contributed by atoms with Crippen LogP contribution in [0.3, 0.4) is 0 Å². The number of carboxylic acid groups (broad SMARTS) is 1. The average Bonchev–Trinajstić information content (AvgIpc) is 3.11. The number of nitrogens with one attached hydrogen (secondary N) is 1. The zero-order chi connectivity index (χ0) is 16.6. The largest absolute Gasteiger partial charge is 0.495 e. The Morgan fingerprint density at radius 2 is 2.13 bits per heavy atom. The third-order valence-electron chi connectivity index (χ3n) is 5.01. The summed E-state index contributed by atoms with van der Waals surface area (Å²) in [6, 6.07) is 1.44. The van der Waals surface area contributed by atoms with Gasteiger partial charge in [-0.3, -0.25) is 9.59 Å². The molecule has 1 aromatic heterocycles. The quantitative estimate of drug-likeness (QED) is 0.877. The molecule has 2 aliphatic heterocycles. The van der Waals surface area contributed by atoms with Crippen molar-refractivity contribution in [3.8, 4) is 5.75 Å². The number of piperidine rings is 1. The van der Waals surface area contributed by atoms with Crippen molar-refractivity contribution in [3.05, 3.63) is 15.8 Å². The lowest BCUT2D eigenvalue weighted by molar-refractivity contribution is -0.139. The number of methoxy groups -OCH3 is 1. The van der Waals surface area contributed by atoms with Gasteiger partial charge in [-0.2, -0.15) is 0 Å². The Balaban J connectivity index is 1.65. The number of carbonyl (C=O) groups excluding carboxylic acids is 1. The molecule has 7 heteroatoms. The van der Waals surface area contributed by atoms with Crippen molar-refractivity contribution in [2.24, 2.45) is 5.41 Å². The Morgan fingerprint density at radius 1 is 1.43 bits per heavy atom. The van der Waals surface area contributed by atoms with Crippen LogP contribution in [0, 0.1) is 12.3 Å². The Kier molecular flexibility index (Phi) is 4.33. The molecular formula is C16H22N2O4S. The van der Waals surface area contributed by atoms with Crippen LogP contribution >= 0.6 is 11.3 Å². The smallest absolute Gasteiger partial charge is 0.320 e. The molecular weight excluding hydrogens is 316 g/mol. The molecule has 3 rings (SSSR count). The third-order valence-corrected chi connectivity index (χ3v) is 6.03. The van der Waals surface area contributed by atoms with Gasteiger partial charge in [-0.25, -0.2) is 0 Å². The number of aryl methyl sites for hydroxylation is 1. The predicted molar refractivity (Wildman–Crippen MR) is 87.2 cm³/mol. The van der Waals surface area contributed by atoms with Crippen molar-refractivity contribution in [1.82, 2.24) is 10.2 Å². The van der Waals surface area contributed by atoms with E-state index in [1.54, 1.807) is 7.11 Å². The Hall–Kier alpha value is -1.60. The molecule has 1 atom stereocenters. The summed E-state index contributed by atoms with van der Waals surface area (Å²) in [5.74, 6) is -0.110. The Labute approximate surface area is 139 Å². The standard InChI is InChI=1S/C16H22N2O4S/c1-10-7-12(22-2)13(23-10)14(19)18-5-3-16(4-6-18)8-11(15(20)21)17-9-16/h7,11,17H,3-6,8-9H2,1-2H3,(H,20,21). The van der Waals surface area contributed by atoms with Gasteiger partial charge in [-0.05, 0) is 37.7 Å². The monoisotopic (exact) mass is 338 g/mol. The highest BCUT2D eigenvalue weighted by Crippen LogP contribution is 2.40. The van der Waals surface area contributed by atoms with Crippen molar-refractivity contribution in [2.75, 3.05) is 26.7 Å². The van der Waals surface area contributed by atoms with Crippen LogP contribution in [-0.2, 0) is 4.79 Å². The van der Waals surface area contributed by atoms with Gasteiger partial charge in [0.25, 0.3) is 5.91 Å². The van der Waals surface area contributed by atoms with Crippen LogP contribution in [0.15, 0.2) is 6.07 Å². The number of rotatable bonds is 3. The molecule has 0 bridgehead atoms. The summed E-state index contributed by atoms with van der Waals surface area (Å²) in [6.07, 6.45) is 2.36. The zero-order valence-corrected chi connectivity index (χ0v) is 14.2. The molecule has 1 unspecified atom stereocenters. The molecule has 0 radical (unpaired) electrons. The fraction of sp³-hybridized carbons (Fsp3) is 0.625. The number of likely N-dealkylation sites (tertiary alicyclic amines) is 1. The second kappa shape index (κ2) is 6.13. The maximum Gasteiger partial charge on any atom is 0.320 e. The Bertz CT molecular complexity index is 620. The third kappa shape index (κ3) is 3.07. The van der Waals surface area contributed by atoms with Crippen molar-refractivity contribution in [2.45, 2.75) is 32.2 Å². The van der Waals surface area contributed by atoms with Crippen LogP contribution in [0.25, 0.3) is 0 Å². The highest BCUT2D eigenvalue weighted by molar-refractivity contribution is 7.14. The maximum absolute atomic E-state index is 12.7. The van der Waals surface area contributed by atoms with E-state index >= 15 is 0 Å². The van der Waals surface area contributed by atoms with Gasteiger partial charge in [-0.15, -0.1) is 11.3 Å². The number of carbonyl (C=O) groups is 2. The average molecular weight is 338 g/mol. The number of aliphatic carboxylic acids is 1. The van der Waals surface area contributed by atoms with Gasteiger partial charge in [0, 0.05) is 24.5 Å². The topological polar surface area (TPSA) is 78.9 Å². The lowest BCUT2D eigenvalue weighted by atomic mass is 9.76. The highest BCUT2D eigenvalue weighted by Gasteiger charge is 2.44. The van der Waals surface area contributed by atoms with Crippen LogP contribution < -0.4 is 10.1 Å². The lowest BCUT2D eigenvalue weighted by Crippen LogP contribution is -2.43. The van der Waals surface area contributed by atoms with Gasteiger partial charge in [0.15, 0.2) is 0 Å². The van der Waals surface area contributed by atoms with E-state index in [9.17, 15) is 9.59 Å². The molecule has 1 spiro atoms. The molecule has 126 valence electrons. The summed E-state index contributed by atoms with van der Waals surface area (Å²) >= 11 is 1.46. The van der Waals surface area contributed by atoms with Crippen LogP contribution in [-0.4, -0.2) is 54.7 Å². The summed E-state index contributed by atoms with van der Waals surface area (Å²) in [4.78, 5) is 27.4. The van der Waals surface area contributed by atoms with Gasteiger partial charge >= 0.3 is 5.97 Å². The van der Waals surface area contributed by atoms with E-state index in [-0.39, 0.29) is 11.3 Å². The minimum atomic E-state index is -0.779. The van der Waals surface area contributed by atoms with E-state index in [1.807, 2.05) is 17.9 Å². The second-order valence-corrected chi connectivity index (χ2v) is 7.78. The summed E-state index contributed by atoms with van der Waals surface area (Å²) in [7, 11) is 1.58. The number of thiophene rings is 1. The van der Waals surface area contributed by atoms with Crippen molar-refractivity contribution in [3.63, 3.8) is 0 Å². The van der Waals surface area contributed by atoms with Gasteiger partial charge in [0.1, 0.15) is 16.7 Å². The van der Waals surface area contributed by atoms with E-state index in [2.05, 4.69) is 5.32 Å². The molecule has 1 amide bonds. The molecule has 3 heterocycles. The minimum absolute atomic E-state index is 0.0231. The van der Waals surface area contributed by atoms with E-state index < -0.39 is 12.0 Å². The first-order chi connectivity index (χ1) is 10.9. The molecule has 2 fully saturated rings. The van der Waals surface area contributed by atoms with Gasteiger partial charge in [0.2, 0.25) is 0 Å². The first-order valence-electron chi connectivity index (χ1n) is 7.84. The van der Waals surface area contributed by atoms with E-state index in [4.69, 9.17) is 9.84 Å². The zero-order valence-electron chi connectivity index (χ0n) is 13.4. The predicted octanol–water partition coefficient (Wildman–Crippen LogP) is 1.73. The lowest BCUT2D eigenvalue weighted by Gasteiger charge is -2.38. The van der Waals surface area contributed by atoms with Crippen LogP contribution in [0.4, 0.5) is 0 Å². The van der Waals surface area contributed by atoms with Crippen LogP contribution in [0.1, 0.15) is 33.8 Å². The number of amides is 1. The fourth-order valence-electron chi connectivity index (χ4n) is 3.59. The molecule has 2 N–H and O–H groups in total. The molecule has 1 aromatic rings. The number of hydrogen-bond donors (Lipinski definition) is 2.